The predicted molar refractivity (Wildman–Crippen MR) is 432 cm³/mol. The molecule has 3 fully saturated rings. The van der Waals surface area contributed by atoms with Crippen LogP contribution in [0.25, 0.3) is 10.9 Å². The van der Waals surface area contributed by atoms with Crippen LogP contribution in [0, 0.1) is 19.8 Å². The number of carbonyl (C=O) groups is 5. The maximum absolute atomic E-state index is 13.8. The number of carbonyl (C=O) groups excluding carboxylic acids is 5. The number of ether oxygens (including phenoxy) is 1. The normalized spacial score (nSPS) is 15.5. The minimum Gasteiger partial charge on any atom is -0.484 e. The van der Waals surface area contributed by atoms with Crippen molar-refractivity contribution in [2.45, 2.75) is 74.2 Å². The van der Waals surface area contributed by atoms with Gasteiger partial charge < -0.3 is 43.6 Å². The van der Waals surface area contributed by atoms with Crippen LogP contribution in [0.4, 0.5) is 38.8 Å². The highest BCUT2D eigenvalue weighted by molar-refractivity contribution is 7.93. The van der Waals surface area contributed by atoms with Crippen molar-refractivity contribution < 1.29 is 59.7 Å². The molecule has 0 radical (unpaired) electrons. The summed E-state index contributed by atoms with van der Waals surface area (Å²) in [5.41, 5.74) is 7.09. The maximum Gasteiger partial charge on any atom is 0.263 e. The lowest BCUT2D eigenvalue weighted by Crippen LogP contribution is -2.59. The molecule has 10 aromatic rings. The van der Waals surface area contributed by atoms with Crippen LogP contribution in [0.5, 0.6) is 5.75 Å². The molecule has 4 aliphatic heterocycles. The van der Waals surface area contributed by atoms with Crippen LogP contribution < -0.4 is 38.5 Å². The Balaban J connectivity index is 0.000000209. The standard InChI is InChI=1S/C27H31N5O4S2.C24H22ClN5O4S2.C24H26ClN5O4S.4H2/c1-19(2)25(32-14-5-7-20-6-3-4-8-23(20)32)26(34)30-15-16-31(24(33)18-30)21-9-11-22(12-10-21)38(35,36)29-27-28-13-17-37-27;1-16(29-10-8-17-2-3-18(25)14-21(17)29)23(32)28-11-12-30(22(31)15-28)19-4-6-20(7-5-19)36(33,34)27-24-26-9-13-35-24;1-17-13-20(14-18(2)24(17)25)34-15-23(31)30-11-9-29(10-12-30)19-3-5-21(6-4-19)35(32,33)28-22-7-8-26-16-27-22;;;;/h3-4,6,8-13,17,19,25H,5,7,14-16,18H2,1-2H3,(H,28,29);2-10,13-14,16H,11-12,15H2,1H3,(H,26,27);3-8,13-14,16H,9-12,15H2,1-2H3,(H,26,27,28);4*1H/t25-;16-;;;;;/m11...../s1. The summed E-state index contributed by atoms with van der Waals surface area (Å²) >= 11 is 14.7. The van der Waals surface area contributed by atoms with Gasteiger partial charge in [-0.25, -0.2) is 45.2 Å². The van der Waals surface area contributed by atoms with Gasteiger partial charge in [-0.05, 0) is 177 Å². The fourth-order valence-corrected chi connectivity index (χ4v) is 18.1. The van der Waals surface area contributed by atoms with E-state index in [1.807, 2.05) is 67.1 Å². The molecular weight excluding hydrogens is 1530 g/mol. The lowest BCUT2D eigenvalue weighted by atomic mass is 9.94. The highest BCUT2D eigenvalue weighted by atomic mass is 35.5. The number of anilines is 7. The average molecular weight is 1620 g/mol. The summed E-state index contributed by atoms with van der Waals surface area (Å²) in [6.07, 6.45) is 9.62. The van der Waals surface area contributed by atoms with Crippen molar-refractivity contribution in [1.29, 1.82) is 0 Å². The molecule has 0 saturated carbocycles. The van der Waals surface area contributed by atoms with E-state index in [-0.39, 0.29) is 97.7 Å². The molecule has 14 rings (SSSR count). The van der Waals surface area contributed by atoms with Gasteiger partial charge in [0.15, 0.2) is 16.9 Å². The van der Waals surface area contributed by atoms with Gasteiger partial charge in [-0.15, -0.1) is 22.7 Å². The first-order valence-electron chi connectivity index (χ1n) is 34.8. The van der Waals surface area contributed by atoms with E-state index in [1.165, 1.54) is 83.5 Å². The van der Waals surface area contributed by atoms with E-state index in [0.717, 1.165) is 52.8 Å². The molecule has 34 heteroatoms. The number of benzene rings is 6. The highest BCUT2D eigenvalue weighted by Gasteiger charge is 2.39. The third-order valence-corrected chi connectivity index (χ3v) is 25.4. The number of aromatic nitrogens is 5. The first kappa shape index (κ1) is 78.4. The Morgan fingerprint density at radius 3 is 1.63 bits per heavy atom. The molecule has 3 N–H and O–H groups in total. The fraction of sp³-hybridized carbons (Fsp3) is 0.293. The zero-order chi connectivity index (χ0) is 77.3. The summed E-state index contributed by atoms with van der Waals surface area (Å²) in [5.74, 6) is 0.216. The van der Waals surface area contributed by atoms with E-state index in [0.29, 0.717) is 79.5 Å². The highest BCUT2D eigenvalue weighted by Crippen LogP contribution is 2.34. The molecule has 5 amide bonds. The van der Waals surface area contributed by atoms with Crippen LogP contribution in [0.2, 0.25) is 10.0 Å². The number of piperazine rings is 3. The van der Waals surface area contributed by atoms with Crippen LogP contribution in [0.15, 0.2) is 196 Å². The summed E-state index contributed by atoms with van der Waals surface area (Å²) in [7, 11) is -11.3. The molecule has 4 aliphatic rings. The third-order valence-electron chi connectivity index (χ3n) is 18.9. The molecule has 3 saturated heterocycles. The molecule has 0 unspecified atom stereocenters. The molecule has 578 valence electrons. The maximum atomic E-state index is 13.8. The van der Waals surface area contributed by atoms with Crippen molar-refractivity contribution in [1.82, 2.24) is 39.2 Å². The lowest BCUT2D eigenvalue weighted by Gasteiger charge is -2.43. The number of halogens is 2. The van der Waals surface area contributed by atoms with Crippen LogP contribution in [0.3, 0.4) is 0 Å². The Morgan fingerprint density at radius 1 is 0.578 bits per heavy atom. The van der Waals surface area contributed by atoms with Gasteiger partial charge in [0.1, 0.15) is 43.1 Å². The first-order chi connectivity index (χ1) is 52.2. The van der Waals surface area contributed by atoms with E-state index >= 15 is 0 Å². The van der Waals surface area contributed by atoms with Gasteiger partial charge in [-0.3, -0.25) is 38.1 Å². The topological polar surface area (TPSA) is 312 Å². The molecule has 2 atom stereocenters. The molecule has 27 nitrogen and oxygen atoms in total. The molecule has 6 aromatic carbocycles. The van der Waals surface area contributed by atoms with Gasteiger partial charge in [0, 0.05) is 133 Å². The minimum absolute atomic E-state index is 0. The Labute approximate surface area is 656 Å². The molecule has 0 aliphatic carbocycles. The van der Waals surface area contributed by atoms with Gasteiger partial charge in [-0.2, -0.15) is 0 Å². The van der Waals surface area contributed by atoms with Crippen molar-refractivity contribution >= 4 is 155 Å². The largest absolute Gasteiger partial charge is 0.484 e. The smallest absolute Gasteiger partial charge is 0.263 e. The van der Waals surface area contributed by atoms with Crippen molar-refractivity contribution in [3.8, 4) is 5.75 Å². The summed E-state index contributed by atoms with van der Waals surface area (Å²) in [5, 5.41) is 6.20. The quantitative estimate of drug-likeness (QED) is 0.0638. The van der Waals surface area contributed by atoms with E-state index in [1.54, 1.807) is 96.8 Å². The second-order valence-corrected chi connectivity index (χ2v) is 34.1. The van der Waals surface area contributed by atoms with E-state index in [9.17, 15) is 49.2 Å². The number of fused-ring (bicyclic) bond motifs is 2. The van der Waals surface area contributed by atoms with Gasteiger partial charge in [0.05, 0.1) is 20.2 Å². The fourth-order valence-electron chi connectivity index (χ4n) is 13.3. The molecule has 8 heterocycles. The Kier molecular flexibility index (Phi) is 24.5. The number of thiazole rings is 2. The van der Waals surface area contributed by atoms with Crippen molar-refractivity contribution in [2.75, 3.05) is 112 Å². The number of amides is 5. The number of para-hydroxylation sites is 1. The zero-order valence-corrected chi connectivity index (χ0v) is 65.6. The summed E-state index contributed by atoms with van der Waals surface area (Å²) in [6, 6.07) is 38.9. The van der Waals surface area contributed by atoms with Crippen LogP contribution >= 0.6 is 45.9 Å². The number of nitrogens with one attached hydrogen (secondary N) is 3. The van der Waals surface area contributed by atoms with E-state index in [2.05, 4.69) is 69.9 Å². The number of sulfonamides is 3. The third kappa shape index (κ3) is 18.7. The number of hydrogen-bond donors (Lipinski definition) is 3. The Hall–Kier alpha value is -10.2. The number of aryl methyl sites for hydroxylation is 3. The van der Waals surface area contributed by atoms with Crippen molar-refractivity contribution in [3.63, 3.8) is 0 Å². The lowest BCUT2D eigenvalue weighted by molar-refractivity contribution is -0.139. The second-order valence-electron chi connectivity index (χ2n) is 26.4. The van der Waals surface area contributed by atoms with E-state index < -0.39 is 36.1 Å². The average Bonchev–Trinajstić information content (AvgIpc) is 1.76. The van der Waals surface area contributed by atoms with E-state index in [4.69, 9.17) is 27.9 Å². The summed E-state index contributed by atoms with van der Waals surface area (Å²) < 4.78 is 90.4. The van der Waals surface area contributed by atoms with Gasteiger partial charge in [0.25, 0.3) is 36.0 Å². The Bertz CT molecular complexity index is 5280. The van der Waals surface area contributed by atoms with Crippen LogP contribution in [0.1, 0.15) is 55.6 Å². The van der Waals surface area contributed by atoms with Crippen LogP contribution in [-0.2, 0) is 60.5 Å². The van der Waals surface area contributed by atoms with Gasteiger partial charge >= 0.3 is 0 Å². The SMILES string of the molecule is CC(C)[C@H](C(=O)N1CCN(c2ccc(S(=O)(=O)Nc3nccs3)cc2)C(=O)C1)N1CCCc2ccccc21.C[C@H](C(=O)N1CCN(c2ccc(S(=O)(=O)Nc3nccs3)cc2)C(=O)C1)n1ccc2ccc(Cl)cc21.Cc1cc(OCC(=O)N2CCN(c3ccc(S(=O)(=O)Nc4ccncn4)cc3)CC2)cc(C)c1Cl.[HH].[HH].[HH].[HH]. The van der Waals surface area contributed by atoms with Gasteiger partial charge in [-0.1, -0.05) is 61.3 Å². The number of rotatable bonds is 20. The van der Waals surface area contributed by atoms with Crippen LogP contribution in [-0.4, -0.2) is 179 Å². The zero-order valence-electron chi connectivity index (χ0n) is 60.0. The minimum atomic E-state index is -3.78. The molecule has 4 aromatic heterocycles. The van der Waals surface area contributed by atoms with Crippen molar-refractivity contribution in [2.24, 2.45) is 5.92 Å². The summed E-state index contributed by atoms with van der Waals surface area (Å²) in [4.78, 5) is 94.0. The molecular formula is C75H87Cl2N15O12S5. The second kappa shape index (κ2) is 34.1. The number of nitrogens with zero attached hydrogens (tertiary/aromatic N) is 12. The molecule has 109 heavy (non-hydrogen) atoms. The molecule has 0 spiro atoms. The number of hydrogen-bond acceptors (Lipinski definition) is 20. The monoisotopic (exact) mass is 1620 g/mol. The predicted octanol–water partition coefficient (Wildman–Crippen LogP) is 11.8. The first-order valence-corrected chi connectivity index (χ1v) is 41.8. The van der Waals surface area contributed by atoms with Crippen molar-refractivity contribution in [3.05, 3.63) is 208 Å². The Morgan fingerprint density at radius 2 is 1.11 bits per heavy atom. The van der Waals surface area contributed by atoms with Gasteiger partial charge in [0.2, 0.25) is 23.6 Å². The molecule has 0 bridgehead atoms. The summed E-state index contributed by atoms with van der Waals surface area (Å²) in [6.45, 7) is 14.2.